The molecule has 1 aromatic carbocycles. The highest BCUT2D eigenvalue weighted by Crippen LogP contribution is 2.31. The molecule has 0 heterocycles. The lowest BCUT2D eigenvalue weighted by Crippen LogP contribution is -2.39. The number of carbonyl (C=O) groups excluding carboxylic acids is 1. The Morgan fingerprint density at radius 3 is 2.04 bits per heavy atom. The monoisotopic (exact) mass is 334 g/mol. The molecule has 1 rings (SSSR count). The molecule has 0 fully saturated rings. The molecular formula is C19H30O3Si. The first-order chi connectivity index (χ1) is 10.9. The first-order valence-corrected chi connectivity index (χ1v) is 11.0. The van der Waals surface area contributed by atoms with Crippen molar-refractivity contribution in [1.29, 1.82) is 0 Å². The van der Waals surface area contributed by atoms with Crippen LogP contribution in [0.3, 0.4) is 0 Å². The number of benzene rings is 1. The predicted molar refractivity (Wildman–Crippen MR) is 98.8 cm³/mol. The first kappa shape index (κ1) is 19.7. The summed E-state index contributed by atoms with van der Waals surface area (Å²) >= 11 is 0. The largest absolute Gasteiger partial charge is 0.466 e. The maximum Gasteiger partial charge on any atom is 0.333 e. The minimum absolute atomic E-state index is 0.122. The molecule has 0 radical (unpaired) electrons. The third-order valence-corrected chi connectivity index (χ3v) is 9.47. The fraction of sp³-hybridized carbons (Fsp3) is 0.526. The topological polar surface area (TPSA) is 35.5 Å². The molecule has 0 aliphatic rings. The third kappa shape index (κ3) is 4.79. The Morgan fingerprint density at radius 1 is 1.09 bits per heavy atom. The highest BCUT2D eigenvalue weighted by Gasteiger charge is 2.33. The fourth-order valence-electron chi connectivity index (χ4n) is 3.07. The first-order valence-electron chi connectivity index (χ1n) is 8.47. The Balaban J connectivity index is 3.28. The lowest BCUT2D eigenvalue weighted by molar-refractivity contribution is -0.136. The summed E-state index contributed by atoms with van der Waals surface area (Å²) in [6, 6.07) is 13.2. The van der Waals surface area contributed by atoms with Crippen molar-refractivity contribution in [2.45, 2.75) is 58.9 Å². The van der Waals surface area contributed by atoms with Crippen molar-refractivity contribution in [3.63, 3.8) is 0 Å². The van der Waals surface area contributed by atoms with Crippen LogP contribution in [0.25, 0.3) is 5.57 Å². The van der Waals surface area contributed by atoms with Gasteiger partial charge in [-0.15, -0.1) is 0 Å². The second-order valence-corrected chi connectivity index (χ2v) is 10.6. The summed E-state index contributed by atoms with van der Waals surface area (Å²) in [5.74, 6) is -0.295. The molecule has 23 heavy (non-hydrogen) atoms. The summed E-state index contributed by atoms with van der Waals surface area (Å²) in [6.07, 6.45) is -0.122. The van der Waals surface area contributed by atoms with Gasteiger partial charge in [0.2, 0.25) is 0 Å². The quantitative estimate of drug-likeness (QED) is 0.379. The molecule has 0 amide bonds. The number of carbonyl (C=O) groups is 1. The summed E-state index contributed by atoms with van der Waals surface area (Å²) in [7, 11) is -0.333. The second-order valence-electron chi connectivity index (χ2n) is 5.90. The molecule has 0 aliphatic carbocycles. The summed E-state index contributed by atoms with van der Waals surface area (Å²) in [4.78, 5) is 12.1. The van der Waals surface area contributed by atoms with E-state index in [1.54, 1.807) is 0 Å². The minimum Gasteiger partial charge on any atom is -0.466 e. The number of esters is 1. The molecule has 0 aromatic heterocycles. The fourth-order valence-corrected chi connectivity index (χ4v) is 5.94. The van der Waals surface area contributed by atoms with E-state index in [2.05, 4.69) is 27.7 Å². The van der Waals surface area contributed by atoms with Crippen LogP contribution in [-0.4, -0.2) is 27.5 Å². The van der Waals surface area contributed by atoms with Gasteiger partial charge in [-0.3, -0.25) is 0 Å². The number of hydrogen-bond acceptors (Lipinski definition) is 3. The van der Waals surface area contributed by atoms with Gasteiger partial charge in [0.25, 0.3) is 0 Å². The van der Waals surface area contributed by atoms with E-state index in [0.717, 1.165) is 29.3 Å². The molecule has 0 saturated carbocycles. The molecule has 4 heteroatoms. The lowest BCUT2D eigenvalue weighted by atomic mass is 9.96. The summed E-state index contributed by atoms with van der Waals surface area (Å²) in [5.41, 5.74) is 2.58. The van der Waals surface area contributed by atoms with Crippen LogP contribution >= 0.6 is 0 Å². The van der Waals surface area contributed by atoms with Crippen LogP contribution in [0.2, 0.25) is 18.1 Å². The molecule has 1 aromatic rings. The molecule has 0 spiro atoms. The normalized spacial score (nSPS) is 14.2. The van der Waals surface area contributed by atoms with E-state index in [0.29, 0.717) is 5.57 Å². The van der Waals surface area contributed by atoms with Gasteiger partial charge in [0.15, 0.2) is 8.32 Å². The van der Waals surface area contributed by atoms with Gasteiger partial charge in [-0.05, 0) is 43.1 Å². The zero-order valence-corrected chi connectivity index (χ0v) is 16.3. The van der Waals surface area contributed by atoms with Crippen molar-refractivity contribution in [3.05, 3.63) is 41.5 Å². The molecule has 0 bridgehead atoms. The van der Waals surface area contributed by atoms with E-state index < -0.39 is 8.32 Å². The third-order valence-electron chi connectivity index (χ3n) is 4.75. The van der Waals surface area contributed by atoms with Crippen LogP contribution in [0.15, 0.2) is 35.9 Å². The van der Waals surface area contributed by atoms with Gasteiger partial charge >= 0.3 is 5.97 Å². The predicted octanol–water partition coefficient (Wildman–Crippen LogP) is 5.04. The van der Waals surface area contributed by atoms with E-state index >= 15 is 0 Å². The molecule has 3 nitrogen and oxygen atoms in total. The van der Waals surface area contributed by atoms with E-state index in [1.807, 2.05) is 37.3 Å². The van der Waals surface area contributed by atoms with E-state index in [1.165, 1.54) is 7.11 Å². The van der Waals surface area contributed by atoms with Crippen molar-refractivity contribution in [3.8, 4) is 0 Å². The van der Waals surface area contributed by atoms with Gasteiger partial charge in [0.05, 0.1) is 13.2 Å². The SMILES string of the molecule is CC[Si](CC)(CC)OC(C)/C(=C(/C)C(=O)OC)c1ccccc1. The Labute approximate surface area is 141 Å². The Bertz CT molecular complexity index is 525. The molecule has 1 atom stereocenters. The van der Waals surface area contributed by atoms with Crippen molar-refractivity contribution in [2.24, 2.45) is 0 Å². The molecule has 128 valence electrons. The van der Waals surface area contributed by atoms with Crippen LogP contribution in [0.1, 0.15) is 40.2 Å². The zero-order chi connectivity index (χ0) is 17.5. The van der Waals surface area contributed by atoms with Gasteiger partial charge in [0.1, 0.15) is 0 Å². The Kier molecular flexibility index (Phi) is 7.72. The molecular weight excluding hydrogens is 304 g/mol. The average molecular weight is 335 g/mol. The zero-order valence-electron chi connectivity index (χ0n) is 15.3. The minimum atomic E-state index is -1.75. The maximum atomic E-state index is 12.1. The average Bonchev–Trinajstić information content (AvgIpc) is 2.60. The number of hydrogen-bond donors (Lipinski definition) is 0. The van der Waals surface area contributed by atoms with E-state index in [4.69, 9.17) is 9.16 Å². The summed E-state index contributed by atoms with van der Waals surface area (Å²) in [5, 5.41) is 0. The summed E-state index contributed by atoms with van der Waals surface area (Å²) in [6.45, 7) is 10.5. The van der Waals surface area contributed by atoms with Crippen molar-refractivity contribution in [2.75, 3.05) is 7.11 Å². The van der Waals surface area contributed by atoms with Gasteiger partial charge < -0.3 is 9.16 Å². The summed E-state index contributed by atoms with van der Waals surface area (Å²) < 4.78 is 11.5. The lowest BCUT2D eigenvalue weighted by Gasteiger charge is -2.33. The van der Waals surface area contributed by atoms with Gasteiger partial charge in [-0.25, -0.2) is 4.79 Å². The standard InChI is InChI=1S/C19H30O3Si/c1-7-23(8-2,9-3)22-16(5)18(15(4)19(20)21-6)17-13-11-10-12-14-17/h10-14,16H,7-9H2,1-6H3/b18-15+. The molecule has 0 N–H and O–H groups in total. The molecule has 0 aliphatic heterocycles. The number of ether oxygens (including phenoxy) is 1. The van der Waals surface area contributed by atoms with Crippen LogP contribution in [0, 0.1) is 0 Å². The van der Waals surface area contributed by atoms with Crippen molar-refractivity contribution in [1.82, 2.24) is 0 Å². The van der Waals surface area contributed by atoms with Crippen LogP contribution in [0.4, 0.5) is 0 Å². The van der Waals surface area contributed by atoms with Gasteiger partial charge in [-0.2, -0.15) is 0 Å². The maximum absolute atomic E-state index is 12.1. The van der Waals surface area contributed by atoms with E-state index in [9.17, 15) is 4.79 Å². The van der Waals surface area contributed by atoms with Crippen LogP contribution in [0.5, 0.6) is 0 Å². The smallest absolute Gasteiger partial charge is 0.333 e. The highest BCUT2D eigenvalue weighted by molar-refractivity contribution is 6.73. The Morgan fingerprint density at radius 2 is 1.61 bits per heavy atom. The number of rotatable bonds is 8. The van der Waals surface area contributed by atoms with Crippen LogP contribution < -0.4 is 0 Å². The van der Waals surface area contributed by atoms with Crippen molar-refractivity contribution >= 4 is 19.9 Å². The molecule has 0 saturated heterocycles. The second kappa shape index (κ2) is 9.04. The van der Waals surface area contributed by atoms with Crippen LogP contribution in [-0.2, 0) is 14.0 Å². The van der Waals surface area contributed by atoms with Crippen molar-refractivity contribution < 1.29 is 14.0 Å². The Hall–Kier alpha value is -1.39. The van der Waals surface area contributed by atoms with Gasteiger partial charge in [0, 0.05) is 5.57 Å². The highest BCUT2D eigenvalue weighted by atomic mass is 28.4. The van der Waals surface area contributed by atoms with Gasteiger partial charge in [-0.1, -0.05) is 51.1 Å². The number of methoxy groups -OCH3 is 1. The van der Waals surface area contributed by atoms with E-state index in [-0.39, 0.29) is 12.1 Å². The molecule has 1 unspecified atom stereocenters.